The van der Waals surface area contributed by atoms with Gasteiger partial charge in [0.25, 0.3) is 0 Å². The van der Waals surface area contributed by atoms with Crippen molar-refractivity contribution in [2.75, 3.05) is 0 Å². The van der Waals surface area contributed by atoms with Crippen molar-refractivity contribution < 1.29 is 0 Å². The van der Waals surface area contributed by atoms with Gasteiger partial charge in [-0.3, -0.25) is 0 Å². The number of benzene rings is 2. The van der Waals surface area contributed by atoms with Gasteiger partial charge in [0, 0.05) is 5.92 Å². The highest BCUT2D eigenvalue weighted by Gasteiger charge is 2.26. The molecular formula is C17H13N. The van der Waals surface area contributed by atoms with Crippen molar-refractivity contribution in [2.45, 2.75) is 11.8 Å². The Bertz CT molecular complexity index is 620. The molecule has 1 heteroatoms. The first-order valence-electron chi connectivity index (χ1n) is 6.12. The Morgan fingerprint density at radius 1 is 0.944 bits per heavy atom. The first-order valence-corrected chi connectivity index (χ1v) is 6.12. The van der Waals surface area contributed by atoms with Crippen LogP contribution in [0.5, 0.6) is 0 Å². The molecule has 0 heterocycles. The molecule has 3 rings (SSSR count). The summed E-state index contributed by atoms with van der Waals surface area (Å²) in [4.78, 5) is 0. The maximum atomic E-state index is 9.48. The van der Waals surface area contributed by atoms with Gasteiger partial charge in [0.05, 0.1) is 12.0 Å². The van der Waals surface area contributed by atoms with Crippen LogP contribution in [-0.4, -0.2) is 0 Å². The van der Waals surface area contributed by atoms with Crippen molar-refractivity contribution in [1.82, 2.24) is 0 Å². The Hall–Kier alpha value is -2.33. The van der Waals surface area contributed by atoms with Crippen molar-refractivity contribution in [3.63, 3.8) is 0 Å². The Morgan fingerprint density at radius 3 is 2.44 bits per heavy atom. The fraction of sp³-hybridized carbons (Fsp3) is 0.118. The third kappa shape index (κ3) is 1.72. The predicted molar refractivity (Wildman–Crippen MR) is 73.0 cm³/mol. The highest BCUT2D eigenvalue weighted by atomic mass is 14.3. The van der Waals surface area contributed by atoms with Gasteiger partial charge in [-0.05, 0) is 16.7 Å². The summed E-state index contributed by atoms with van der Waals surface area (Å²) in [6, 6.07) is 20.8. The second kappa shape index (κ2) is 4.50. The van der Waals surface area contributed by atoms with Gasteiger partial charge in [0.1, 0.15) is 0 Å². The van der Waals surface area contributed by atoms with Crippen LogP contribution in [0.3, 0.4) is 0 Å². The predicted octanol–water partition coefficient (Wildman–Crippen LogP) is 4.10. The van der Waals surface area contributed by atoms with Crippen LogP contribution in [0.2, 0.25) is 0 Å². The minimum absolute atomic E-state index is 0.105. The number of hydrogen-bond acceptors (Lipinski definition) is 1. The number of allylic oxidation sites excluding steroid dienone is 1. The molecule has 86 valence electrons. The van der Waals surface area contributed by atoms with E-state index in [1.54, 1.807) is 0 Å². The largest absolute Gasteiger partial charge is 0.198 e. The fourth-order valence-corrected chi connectivity index (χ4v) is 2.59. The quantitative estimate of drug-likeness (QED) is 0.763. The third-order valence-corrected chi connectivity index (χ3v) is 3.50. The van der Waals surface area contributed by atoms with Crippen LogP contribution >= 0.6 is 0 Å². The standard InChI is InChI=1S/C17H13N/c18-12-17(13-6-2-1-3-7-13)16-11-10-14-8-4-5-9-15(14)16/h1-11,16-17H. The maximum absolute atomic E-state index is 9.48. The van der Waals surface area contributed by atoms with Gasteiger partial charge in [0.2, 0.25) is 0 Å². The summed E-state index contributed by atoms with van der Waals surface area (Å²) >= 11 is 0. The summed E-state index contributed by atoms with van der Waals surface area (Å²) in [5.41, 5.74) is 3.58. The second-order valence-corrected chi connectivity index (χ2v) is 4.53. The Balaban J connectivity index is 2.02. The molecule has 1 aliphatic rings. The molecule has 2 atom stereocenters. The van der Waals surface area contributed by atoms with E-state index >= 15 is 0 Å². The van der Waals surface area contributed by atoms with Crippen LogP contribution in [0.15, 0.2) is 60.7 Å². The van der Waals surface area contributed by atoms with Crippen LogP contribution in [0.1, 0.15) is 28.5 Å². The zero-order valence-corrected chi connectivity index (χ0v) is 9.95. The molecule has 0 amide bonds. The second-order valence-electron chi connectivity index (χ2n) is 4.53. The van der Waals surface area contributed by atoms with Gasteiger partial charge >= 0.3 is 0 Å². The number of nitriles is 1. The average molecular weight is 231 g/mol. The molecule has 1 aliphatic carbocycles. The Labute approximate surface area is 107 Å². The smallest absolute Gasteiger partial charge is 0.0816 e. The van der Waals surface area contributed by atoms with E-state index in [2.05, 4.69) is 30.4 Å². The van der Waals surface area contributed by atoms with Crippen LogP contribution in [0.4, 0.5) is 0 Å². The highest BCUT2D eigenvalue weighted by Crippen LogP contribution is 2.39. The van der Waals surface area contributed by atoms with Crippen LogP contribution < -0.4 is 0 Å². The van der Waals surface area contributed by atoms with E-state index in [0.717, 1.165) is 5.56 Å². The molecule has 0 saturated carbocycles. The SMILES string of the molecule is N#CC(c1ccccc1)C1C=Cc2ccccc21. The van der Waals surface area contributed by atoms with Crippen molar-refractivity contribution >= 4 is 6.08 Å². The van der Waals surface area contributed by atoms with Crippen LogP contribution in [0.25, 0.3) is 6.08 Å². The lowest BCUT2D eigenvalue weighted by Gasteiger charge is -2.17. The van der Waals surface area contributed by atoms with Gasteiger partial charge in [0.15, 0.2) is 0 Å². The number of fused-ring (bicyclic) bond motifs is 1. The van der Waals surface area contributed by atoms with E-state index < -0.39 is 0 Å². The molecule has 0 N–H and O–H groups in total. The summed E-state index contributed by atoms with van der Waals surface area (Å²) in [7, 11) is 0. The molecule has 2 aromatic carbocycles. The average Bonchev–Trinajstić information content (AvgIpc) is 2.85. The summed E-state index contributed by atoms with van der Waals surface area (Å²) in [5, 5.41) is 9.48. The zero-order chi connectivity index (χ0) is 12.4. The van der Waals surface area contributed by atoms with Crippen molar-refractivity contribution in [1.29, 1.82) is 5.26 Å². The summed E-state index contributed by atoms with van der Waals surface area (Å²) < 4.78 is 0. The minimum Gasteiger partial charge on any atom is -0.198 e. The van der Waals surface area contributed by atoms with Gasteiger partial charge in [-0.15, -0.1) is 0 Å². The molecule has 2 aromatic rings. The molecule has 0 aromatic heterocycles. The third-order valence-electron chi connectivity index (χ3n) is 3.50. The van der Waals surface area contributed by atoms with E-state index in [9.17, 15) is 5.26 Å². The van der Waals surface area contributed by atoms with Crippen molar-refractivity contribution in [3.8, 4) is 6.07 Å². The molecular weight excluding hydrogens is 218 g/mol. The van der Waals surface area contributed by atoms with E-state index in [1.165, 1.54) is 11.1 Å². The molecule has 0 bridgehead atoms. The summed E-state index contributed by atoms with van der Waals surface area (Å²) in [5.74, 6) is 0.0692. The molecule has 1 nitrogen and oxygen atoms in total. The van der Waals surface area contributed by atoms with E-state index in [0.29, 0.717) is 0 Å². The molecule has 0 saturated heterocycles. The minimum atomic E-state index is -0.105. The molecule has 18 heavy (non-hydrogen) atoms. The van der Waals surface area contributed by atoms with E-state index in [-0.39, 0.29) is 11.8 Å². The number of hydrogen-bond donors (Lipinski definition) is 0. The lowest BCUT2D eigenvalue weighted by atomic mass is 9.84. The fourth-order valence-electron chi connectivity index (χ4n) is 2.59. The molecule has 0 radical (unpaired) electrons. The first-order chi connectivity index (χ1) is 8.90. The molecule has 2 unspecified atom stereocenters. The van der Waals surface area contributed by atoms with Gasteiger partial charge in [-0.1, -0.05) is 66.7 Å². The van der Waals surface area contributed by atoms with Crippen LogP contribution in [0, 0.1) is 11.3 Å². The monoisotopic (exact) mass is 231 g/mol. The van der Waals surface area contributed by atoms with Crippen molar-refractivity contribution in [3.05, 3.63) is 77.4 Å². The van der Waals surface area contributed by atoms with Gasteiger partial charge in [-0.25, -0.2) is 0 Å². The summed E-state index contributed by atoms with van der Waals surface area (Å²) in [6.45, 7) is 0. The normalized spacial score (nSPS) is 18.1. The Kier molecular flexibility index (Phi) is 2.70. The number of rotatable bonds is 2. The zero-order valence-electron chi connectivity index (χ0n) is 9.95. The number of nitrogens with zero attached hydrogens (tertiary/aromatic N) is 1. The Morgan fingerprint density at radius 2 is 1.67 bits per heavy atom. The van der Waals surface area contributed by atoms with E-state index in [1.807, 2.05) is 42.5 Å². The molecule has 0 fully saturated rings. The lowest BCUT2D eigenvalue weighted by Crippen LogP contribution is -2.06. The van der Waals surface area contributed by atoms with Crippen LogP contribution in [-0.2, 0) is 0 Å². The summed E-state index contributed by atoms with van der Waals surface area (Å²) in [6.07, 6.45) is 4.26. The lowest BCUT2D eigenvalue weighted by molar-refractivity contribution is 0.760. The molecule has 0 aliphatic heterocycles. The van der Waals surface area contributed by atoms with Gasteiger partial charge < -0.3 is 0 Å². The first kappa shape index (κ1) is 10.8. The van der Waals surface area contributed by atoms with Crippen molar-refractivity contribution in [2.24, 2.45) is 0 Å². The van der Waals surface area contributed by atoms with E-state index in [4.69, 9.17) is 0 Å². The van der Waals surface area contributed by atoms with Gasteiger partial charge in [-0.2, -0.15) is 5.26 Å². The topological polar surface area (TPSA) is 23.8 Å². The molecule has 0 spiro atoms. The highest BCUT2D eigenvalue weighted by molar-refractivity contribution is 5.63. The maximum Gasteiger partial charge on any atom is 0.0816 e.